The molecule has 1 aromatic rings. The van der Waals surface area contributed by atoms with Gasteiger partial charge in [-0.3, -0.25) is 9.69 Å². The summed E-state index contributed by atoms with van der Waals surface area (Å²) in [5, 5.41) is 9.66. The Labute approximate surface area is 133 Å². The molecule has 0 aliphatic carbocycles. The second-order valence-electron chi connectivity index (χ2n) is 5.07. The number of carboxylic acids is 1. The van der Waals surface area contributed by atoms with Crippen LogP contribution in [0.25, 0.3) is 0 Å². The molecule has 1 aromatic carbocycles. The molecule has 1 saturated heterocycles. The lowest BCUT2D eigenvalue weighted by molar-refractivity contribution is -0.144. The highest BCUT2D eigenvalue weighted by molar-refractivity contribution is 9.10. The lowest BCUT2D eigenvalue weighted by Gasteiger charge is -2.32. The molecule has 1 unspecified atom stereocenters. The molecular formula is C15H20BrNO4. The van der Waals surface area contributed by atoms with Crippen molar-refractivity contribution in [1.29, 1.82) is 0 Å². The molecule has 1 atom stereocenters. The quantitative estimate of drug-likeness (QED) is 0.877. The summed E-state index contributed by atoms with van der Waals surface area (Å²) >= 11 is 3.46. The molecular weight excluding hydrogens is 338 g/mol. The van der Waals surface area contributed by atoms with Crippen LogP contribution in [0, 0.1) is 0 Å². The van der Waals surface area contributed by atoms with Crippen LogP contribution >= 0.6 is 15.9 Å². The number of carbonyl (C=O) groups is 1. The predicted octanol–water partition coefficient (Wildman–Crippen LogP) is 3.08. The van der Waals surface area contributed by atoms with Gasteiger partial charge in [-0.05, 0) is 43.6 Å². The van der Waals surface area contributed by atoms with Crippen molar-refractivity contribution in [3.05, 3.63) is 22.2 Å². The number of hydrogen-bond donors (Lipinski definition) is 1. The predicted molar refractivity (Wildman–Crippen MR) is 83.0 cm³/mol. The lowest BCUT2D eigenvalue weighted by Crippen LogP contribution is -2.38. The first-order chi connectivity index (χ1) is 10.1. The second-order valence-corrected chi connectivity index (χ2v) is 5.92. The van der Waals surface area contributed by atoms with Gasteiger partial charge in [0.1, 0.15) is 6.04 Å². The van der Waals surface area contributed by atoms with Crippen LogP contribution in [0.1, 0.15) is 30.9 Å². The molecule has 0 radical (unpaired) electrons. The van der Waals surface area contributed by atoms with Gasteiger partial charge in [-0.15, -0.1) is 0 Å². The normalized spacial score (nSPS) is 17.3. The molecule has 116 valence electrons. The summed E-state index contributed by atoms with van der Waals surface area (Å²) in [7, 11) is 3.11. The number of rotatable bonds is 5. The van der Waals surface area contributed by atoms with Gasteiger partial charge in [0.15, 0.2) is 11.5 Å². The van der Waals surface area contributed by atoms with E-state index in [0.717, 1.165) is 36.8 Å². The van der Waals surface area contributed by atoms with E-state index < -0.39 is 12.0 Å². The molecule has 1 fully saturated rings. The number of ether oxygens (including phenoxy) is 2. The van der Waals surface area contributed by atoms with E-state index in [1.54, 1.807) is 26.4 Å². The summed E-state index contributed by atoms with van der Waals surface area (Å²) in [4.78, 5) is 13.8. The van der Waals surface area contributed by atoms with Crippen LogP contribution < -0.4 is 9.47 Å². The maximum absolute atomic E-state index is 11.8. The third-order valence-electron chi connectivity index (χ3n) is 3.79. The monoisotopic (exact) mass is 357 g/mol. The molecule has 1 N–H and O–H groups in total. The first-order valence-electron chi connectivity index (χ1n) is 6.96. The molecule has 1 aliphatic heterocycles. The van der Waals surface area contributed by atoms with Crippen molar-refractivity contribution in [2.45, 2.75) is 25.3 Å². The van der Waals surface area contributed by atoms with E-state index in [-0.39, 0.29) is 0 Å². The molecule has 21 heavy (non-hydrogen) atoms. The van der Waals surface area contributed by atoms with E-state index in [1.165, 1.54) is 0 Å². The number of carboxylic acid groups (broad SMARTS) is 1. The van der Waals surface area contributed by atoms with Crippen molar-refractivity contribution in [2.24, 2.45) is 0 Å². The Balaban J connectivity index is 2.42. The minimum Gasteiger partial charge on any atom is -0.493 e. The van der Waals surface area contributed by atoms with Gasteiger partial charge in [-0.2, -0.15) is 0 Å². The van der Waals surface area contributed by atoms with Gasteiger partial charge in [-0.25, -0.2) is 0 Å². The van der Waals surface area contributed by atoms with Crippen molar-refractivity contribution in [3.63, 3.8) is 0 Å². The number of hydrogen-bond acceptors (Lipinski definition) is 4. The van der Waals surface area contributed by atoms with Crippen molar-refractivity contribution < 1.29 is 19.4 Å². The van der Waals surface area contributed by atoms with E-state index in [0.29, 0.717) is 17.1 Å². The molecule has 6 heteroatoms. The van der Waals surface area contributed by atoms with Crippen molar-refractivity contribution in [1.82, 2.24) is 4.90 Å². The summed E-state index contributed by atoms with van der Waals surface area (Å²) in [6, 6.07) is 2.84. The first-order valence-corrected chi connectivity index (χ1v) is 7.76. The number of likely N-dealkylation sites (tertiary alicyclic amines) is 1. The Morgan fingerprint density at radius 1 is 1.19 bits per heavy atom. The Kier molecular flexibility index (Phi) is 5.47. The van der Waals surface area contributed by atoms with E-state index in [9.17, 15) is 9.90 Å². The van der Waals surface area contributed by atoms with E-state index in [2.05, 4.69) is 15.9 Å². The molecule has 5 nitrogen and oxygen atoms in total. The van der Waals surface area contributed by atoms with Gasteiger partial charge in [0.05, 0.1) is 14.2 Å². The highest BCUT2D eigenvalue weighted by Gasteiger charge is 2.31. The van der Waals surface area contributed by atoms with Crippen molar-refractivity contribution in [2.75, 3.05) is 27.3 Å². The van der Waals surface area contributed by atoms with Gasteiger partial charge in [0, 0.05) is 4.47 Å². The highest BCUT2D eigenvalue weighted by atomic mass is 79.9. The zero-order chi connectivity index (χ0) is 15.4. The van der Waals surface area contributed by atoms with Gasteiger partial charge < -0.3 is 14.6 Å². The standard InChI is InChI=1S/C15H20BrNO4/c1-20-12-8-10(11(16)9-13(12)21-2)14(15(18)19)17-6-4-3-5-7-17/h8-9,14H,3-7H2,1-2H3,(H,18,19). The molecule has 0 spiro atoms. The molecule has 0 saturated carbocycles. The van der Waals surface area contributed by atoms with Crippen LogP contribution in [0.2, 0.25) is 0 Å². The molecule has 2 rings (SSSR count). The Morgan fingerprint density at radius 3 is 2.29 bits per heavy atom. The minimum absolute atomic E-state index is 0.541. The fourth-order valence-corrected chi connectivity index (χ4v) is 3.28. The molecule has 1 aliphatic rings. The average Bonchev–Trinajstić information content (AvgIpc) is 2.49. The number of piperidine rings is 1. The van der Waals surface area contributed by atoms with Crippen LogP contribution in [0.5, 0.6) is 11.5 Å². The molecule has 0 aromatic heterocycles. The lowest BCUT2D eigenvalue weighted by atomic mass is 10.0. The van der Waals surface area contributed by atoms with Gasteiger partial charge in [0.2, 0.25) is 0 Å². The summed E-state index contributed by atoms with van der Waals surface area (Å²) in [5.41, 5.74) is 0.696. The first kappa shape index (κ1) is 16.1. The molecule has 0 bridgehead atoms. The summed E-state index contributed by atoms with van der Waals surface area (Å²) in [6.45, 7) is 1.61. The topological polar surface area (TPSA) is 59.0 Å². The number of halogens is 1. The van der Waals surface area contributed by atoms with E-state index >= 15 is 0 Å². The Hall–Kier alpha value is -1.27. The Morgan fingerprint density at radius 2 is 1.76 bits per heavy atom. The van der Waals surface area contributed by atoms with Crippen LogP contribution in [0.15, 0.2) is 16.6 Å². The number of aliphatic carboxylic acids is 1. The number of nitrogens with zero attached hydrogens (tertiary/aromatic N) is 1. The third-order valence-corrected chi connectivity index (χ3v) is 4.47. The smallest absolute Gasteiger partial charge is 0.325 e. The van der Waals surface area contributed by atoms with Gasteiger partial charge in [-0.1, -0.05) is 22.4 Å². The van der Waals surface area contributed by atoms with Gasteiger partial charge >= 0.3 is 5.97 Å². The van der Waals surface area contributed by atoms with E-state index in [1.807, 2.05) is 4.90 Å². The maximum Gasteiger partial charge on any atom is 0.325 e. The summed E-state index contributed by atoms with van der Waals surface area (Å²) in [6.07, 6.45) is 3.24. The van der Waals surface area contributed by atoms with Gasteiger partial charge in [0.25, 0.3) is 0 Å². The van der Waals surface area contributed by atoms with Crippen molar-refractivity contribution in [3.8, 4) is 11.5 Å². The number of methoxy groups -OCH3 is 2. The minimum atomic E-state index is -0.843. The summed E-state index contributed by atoms with van der Waals surface area (Å²) in [5.74, 6) is 0.277. The van der Waals surface area contributed by atoms with Crippen LogP contribution in [0.4, 0.5) is 0 Å². The average molecular weight is 358 g/mol. The maximum atomic E-state index is 11.8. The van der Waals surface area contributed by atoms with Crippen LogP contribution in [0.3, 0.4) is 0 Å². The zero-order valence-electron chi connectivity index (χ0n) is 12.3. The zero-order valence-corrected chi connectivity index (χ0v) is 13.9. The van der Waals surface area contributed by atoms with Crippen LogP contribution in [-0.4, -0.2) is 43.3 Å². The molecule has 1 heterocycles. The fourth-order valence-electron chi connectivity index (χ4n) is 2.74. The fraction of sp³-hybridized carbons (Fsp3) is 0.533. The van der Waals surface area contributed by atoms with E-state index in [4.69, 9.17) is 9.47 Å². The largest absolute Gasteiger partial charge is 0.493 e. The number of benzene rings is 1. The molecule has 0 amide bonds. The van der Waals surface area contributed by atoms with Crippen LogP contribution in [-0.2, 0) is 4.79 Å². The third kappa shape index (κ3) is 3.49. The SMILES string of the molecule is COc1cc(Br)c(C(C(=O)O)N2CCCCC2)cc1OC. The second kappa shape index (κ2) is 7.13. The summed E-state index contributed by atoms with van der Waals surface area (Å²) < 4.78 is 11.3. The Bertz CT molecular complexity index is 515. The highest BCUT2D eigenvalue weighted by Crippen LogP contribution is 2.38. The van der Waals surface area contributed by atoms with Crippen molar-refractivity contribution >= 4 is 21.9 Å².